The monoisotopic (exact) mass is 257 g/mol. The van der Waals surface area contributed by atoms with Crippen LogP contribution in [-0.4, -0.2) is 63.3 Å². The molecule has 0 aliphatic heterocycles. The fraction of sp³-hybridized carbons (Fsp3) is 0.923. The summed E-state index contributed by atoms with van der Waals surface area (Å²) in [7, 11) is 5.86. The van der Waals surface area contributed by atoms with Gasteiger partial charge in [0.1, 0.15) is 0 Å². The summed E-state index contributed by atoms with van der Waals surface area (Å²) in [4.78, 5) is 14.0. The highest BCUT2D eigenvalue weighted by Gasteiger charge is 2.39. The van der Waals surface area contributed by atoms with Gasteiger partial charge in [0, 0.05) is 25.7 Å². The second-order valence-electron chi connectivity index (χ2n) is 5.36. The van der Waals surface area contributed by atoms with Crippen LogP contribution in [0, 0.1) is 0 Å². The maximum atomic E-state index is 11.8. The van der Waals surface area contributed by atoms with Crippen molar-refractivity contribution in [2.45, 2.75) is 37.8 Å². The molecule has 1 atom stereocenters. The van der Waals surface area contributed by atoms with E-state index in [0.717, 1.165) is 6.54 Å². The number of amides is 1. The molecule has 18 heavy (non-hydrogen) atoms. The molecular formula is C13H27N3O2. The van der Waals surface area contributed by atoms with Crippen LogP contribution in [0.15, 0.2) is 0 Å². The standard InChI is InChI=1S/C13H27N3O2/c1-11(12(17)14-8-9-18-4)15-10-13(16(2)3)6-5-7-13/h11,15H,5-10H2,1-4H3,(H,14,17). The molecule has 5 heteroatoms. The summed E-state index contributed by atoms with van der Waals surface area (Å²) in [6.45, 7) is 3.91. The molecular weight excluding hydrogens is 230 g/mol. The molecule has 0 bridgehead atoms. The summed E-state index contributed by atoms with van der Waals surface area (Å²) >= 11 is 0. The number of nitrogens with zero attached hydrogens (tertiary/aromatic N) is 1. The van der Waals surface area contributed by atoms with Gasteiger partial charge in [0.2, 0.25) is 5.91 Å². The molecule has 0 heterocycles. The van der Waals surface area contributed by atoms with Crippen molar-refractivity contribution in [2.24, 2.45) is 0 Å². The van der Waals surface area contributed by atoms with Crippen LogP contribution in [0.25, 0.3) is 0 Å². The molecule has 1 rings (SSSR count). The maximum Gasteiger partial charge on any atom is 0.236 e. The number of hydrogen-bond acceptors (Lipinski definition) is 4. The lowest BCUT2D eigenvalue weighted by atomic mass is 9.75. The van der Waals surface area contributed by atoms with Gasteiger partial charge in [-0.1, -0.05) is 0 Å². The van der Waals surface area contributed by atoms with Gasteiger partial charge in [0.25, 0.3) is 0 Å². The Balaban J connectivity index is 2.27. The Hall–Kier alpha value is -0.650. The molecule has 0 aromatic heterocycles. The molecule has 2 N–H and O–H groups in total. The van der Waals surface area contributed by atoms with Crippen LogP contribution >= 0.6 is 0 Å². The van der Waals surface area contributed by atoms with Crippen LogP contribution < -0.4 is 10.6 Å². The normalized spacial score (nSPS) is 19.4. The van der Waals surface area contributed by atoms with Gasteiger partial charge in [-0.25, -0.2) is 0 Å². The molecule has 0 saturated heterocycles. The van der Waals surface area contributed by atoms with Crippen molar-refractivity contribution in [3.63, 3.8) is 0 Å². The number of likely N-dealkylation sites (N-methyl/N-ethyl adjacent to an activating group) is 1. The molecule has 1 aliphatic carbocycles. The highest BCUT2D eigenvalue weighted by atomic mass is 16.5. The zero-order chi connectivity index (χ0) is 13.6. The highest BCUT2D eigenvalue weighted by molar-refractivity contribution is 5.81. The van der Waals surface area contributed by atoms with Gasteiger partial charge in [-0.2, -0.15) is 0 Å². The quantitative estimate of drug-likeness (QED) is 0.611. The third-order valence-corrected chi connectivity index (χ3v) is 3.97. The van der Waals surface area contributed by atoms with Crippen LogP contribution in [0.1, 0.15) is 26.2 Å². The van der Waals surface area contributed by atoms with E-state index in [-0.39, 0.29) is 17.5 Å². The predicted octanol–water partition coefficient (Wildman–Crippen LogP) is 0.211. The van der Waals surface area contributed by atoms with Crippen LogP contribution in [0.3, 0.4) is 0 Å². The van der Waals surface area contributed by atoms with E-state index in [4.69, 9.17) is 4.74 Å². The van der Waals surface area contributed by atoms with Crippen molar-refractivity contribution in [1.29, 1.82) is 0 Å². The molecule has 1 fully saturated rings. The molecule has 0 spiro atoms. The highest BCUT2D eigenvalue weighted by Crippen LogP contribution is 2.35. The third kappa shape index (κ3) is 3.93. The lowest BCUT2D eigenvalue weighted by molar-refractivity contribution is -0.123. The minimum atomic E-state index is -0.153. The first-order chi connectivity index (χ1) is 8.52. The number of hydrogen-bond donors (Lipinski definition) is 2. The van der Waals surface area contributed by atoms with Crippen LogP contribution in [0.2, 0.25) is 0 Å². The zero-order valence-electron chi connectivity index (χ0n) is 12.1. The smallest absolute Gasteiger partial charge is 0.236 e. The van der Waals surface area contributed by atoms with Gasteiger partial charge in [-0.15, -0.1) is 0 Å². The Morgan fingerprint density at radius 2 is 2.11 bits per heavy atom. The number of carbonyl (C=O) groups is 1. The number of methoxy groups -OCH3 is 1. The lowest BCUT2D eigenvalue weighted by Crippen LogP contribution is -2.59. The van der Waals surface area contributed by atoms with E-state index in [1.165, 1.54) is 19.3 Å². The first-order valence-electron chi connectivity index (χ1n) is 6.69. The second kappa shape index (κ2) is 7.07. The first kappa shape index (κ1) is 15.4. The summed E-state index contributed by atoms with van der Waals surface area (Å²) in [6.07, 6.45) is 3.71. The molecule has 0 aromatic rings. The first-order valence-corrected chi connectivity index (χ1v) is 6.69. The topological polar surface area (TPSA) is 53.6 Å². The molecule has 106 valence electrons. The van der Waals surface area contributed by atoms with Crippen LogP contribution in [-0.2, 0) is 9.53 Å². The van der Waals surface area contributed by atoms with Gasteiger partial charge in [0.05, 0.1) is 12.6 Å². The number of rotatable bonds is 8. The van der Waals surface area contributed by atoms with Crippen LogP contribution in [0.5, 0.6) is 0 Å². The Bertz CT molecular complexity index is 265. The SMILES string of the molecule is COCCNC(=O)C(C)NCC1(N(C)C)CCC1. The Labute approximate surface area is 110 Å². The van der Waals surface area contributed by atoms with Crippen molar-refractivity contribution in [3.05, 3.63) is 0 Å². The van der Waals surface area contributed by atoms with E-state index in [2.05, 4.69) is 29.6 Å². The van der Waals surface area contributed by atoms with Crippen molar-refractivity contribution in [3.8, 4) is 0 Å². The van der Waals surface area contributed by atoms with E-state index >= 15 is 0 Å². The van der Waals surface area contributed by atoms with E-state index in [1.807, 2.05) is 6.92 Å². The number of ether oxygens (including phenoxy) is 1. The molecule has 1 aliphatic rings. The summed E-state index contributed by atoms with van der Waals surface area (Å²) in [6, 6.07) is -0.153. The molecule has 0 radical (unpaired) electrons. The summed E-state index contributed by atoms with van der Waals surface area (Å²) in [5.74, 6) is 0.0419. The third-order valence-electron chi connectivity index (χ3n) is 3.97. The summed E-state index contributed by atoms with van der Waals surface area (Å²) in [5.41, 5.74) is 0.251. The zero-order valence-corrected chi connectivity index (χ0v) is 12.1. The Morgan fingerprint density at radius 1 is 1.44 bits per heavy atom. The van der Waals surface area contributed by atoms with Gasteiger partial charge in [-0.3, -0.25) is 4.79 Å². The molecule has 1 saturated carbocycles. The van der Waals surface area contributed by atoms with Crippen LogP contribution in [0.4, 0.5) is 0 Å². The predicted molar refractivity (Wildman–Crippen MR) is 72.6 cm³/mol. The largest absolute Gasteiger partial charge is 0.383 e. The van der Waals surface area contributed by atoms with Gasteiger partial charge >= 0.3 is 0 Å². The van der Waals surface area contributed by atoms with Gasteiger partial charge in [0.15, 0.2) is 0 Å². The Kier molecular flexibility index (Phi) is 6.05. The van der Waals surface area contributed by atoms with Gasteiger partial charge < -0.3 is 20.3 Å². The number of carbonyl (C=O) groups excluding carboxylic acids is 1. The van der Waals surface area contributed by atoms with E-state index in [9.17, 15) is 4.79 Å². The fourth-order valence-electron chi connectivity index (χ4n) is 2.23. The van der Waals surface area contributed by atoms with Crippen molar-refractivity contribution < 1.29 is 9.53 Å². The Morgan fingerprint density at radius 3 is 2.56 bits per heavy atom. The molecule has 0 aromatic carbocycles. The molecule has 5 nitrogen and oxygen atoms in total. The number of nitrogens with one attached hydrogen (secondary N) is 2. The van der Waals surface area contributed by atoms with Crippen molar-refractivity contribution >= 4 is 5.91 Å². The van der Waals surface area contributed by atoms with Crippen molar-refractivity contribution in [2.75, 3.05) is 40.9 Å². The van der Waals surface area contributed by atoms with E-state index < -0.39 is 0 Å². The molecule has 1 unspecified atom stereocenters. The van der Waals surface area contributed by atoms with Crippen molar-refractivity contribution in [1.82, 2.24) is 15.5 Å². The summed E-state index contributed by atoms with van der Waals surface area (Å²) < 4.78 is 4.90. The average molecular weight is 257 g/mol. The molecule has 1 amide bonds. The second-order valence-corrected chi connectivity index (χ2v) is 5.36. The fourth-order valence-corrected chi connectivity index (χ4v) is 2.23. The van der Waals surface area contributed by atoms with E-state index in [0.29, 0.717) is 13.2 Å². The maximum absolute atomic E-state index is 11.8. The lowest BCUT2D eigenvalue weighted by Gasteiger charge is -2.48. The summed E-state index contributed by atoms with van der Waals surface area (Å²) in [5, 5.41) is 6.18. The van der Waals surface area contributed by atoms with E-state index in [1.54, 1.807) is 7.11 Å². The van der Waals surface area contributed by atoms with Gasteiger partial charge in [-0.05, 0) is 40.3 Å². The minimum Gasteiger partial charge on any atom is -0.383 e. The minimum absolute atomic E-state index is 0.0419. The average Bonchev–Trinajstić information content (AvgIpc) is 2.27.